The number of halogens is 1. The van der Waals surface area contributed by atoms with Crippen LogP contribution in [0.4, 0.5) is 11.4 Å². The molecule has 0 aliphatic carbocycles. The Labute approximate surface area is 210 Å². The van der Waals surface area contributed by atoms with Crippen LogP contribution >= 0.6 is 11.6 Å². The van der Waals surface area contributed by atoms with Gasteiger partial charge in [-0.1, -0.05) is 17.7 Å². The highest BCUT2D eigenvalue weighted by molar-refractivity contribution is 6.30. The van der Waals surface area contributed by atoms with E-state index in [1.165, 1.54) is 4.90 Å². The van der Waals surface area contributed by atoms with Crippen molar-refractivity contribution >= 4 is 40.7 Å². The van der Waals surface area contributed by atoms with Gasteiger partial charge < -0.3 is 25.2 Å². The Morgan fingerprint density at radius 3 is 2.51 bits per heavy atom. The topological polar surface area (TPSA) is 94.2 Å². The van der Waals surface area contributed by atoms with Gasteiger partial charge in [-0.15, -0.1) is 0 Å². The van der Waals surface area contributed by atoms with Gasteiger partial charge in [0.2, 0.25) is 17.7 Å². The molecule has 2 aliphatic heterocycles. The van der Waals surface area contributed by atoms with E-state index in [1.807, 2.05) is 24.3 Å². The summed E-state index contributed by atoms with van der Waals surface area (Å²) in [4.78, 5) is 44.2. The van der Waals surface area contributed by atoms with Gasteiger partial charge in [0.05, 0.1) is 20.1 Å². The molecular weight excluding hydrogens is 470 g/mol. The number of nitrogens with one attached hydrogen (secondary N) is 2. The molecule has 2 aromatic carbocycles. The van der Waals surface area contributed by atoms with Gasteiger partial charge in [0.1, 0.15) is 11.8 Å². The molecule has 0 bridgehead atoms. The average Bonchev–Trinajstić information content (AvgIpc) is 2.86. The fourth-order valence-electron chi connectivity index (χ4n) is 4.40. The SMILES string of the molecule is COc1ccc(NC(=O)C[C@H]2C(=O)NCCN2C(=O)CN2CCN(c3cccc(Cl)c3)CC2)cc1. The van der Waals surface area contributed by atoms with Crippen molar-refractivity contribution in [3.63, 3.8) is 0 Å². The Hall–Kier alpha value is -3.30. The van der Waals surface area contributed by atoms with Crippen molar-refractivity contribution in [1.82, 2.24) is 15.1 Å². The second-order valence-corrected chi connectivity index (χ2v) is 9.05. The Morgan fingerprint density at radius 2 is 1.83 bits per heavy atom. The van der Waals surface area contributed by atoms with Gasteiger partial charge in [-0.05, 0) is 42.5 Å². The fourth-order valence-corrected chi connectivity index (χ4v) is 4.58. The Kier molecular flexibility index (Phi) is 8.09. The van der Waals surface area contributed by atoms with Crippen LogP contribution in [0.5, 0.6) is 5.75 Å². The van der Waals surface area contributed by atoms with Crippen molar-refractivity contribution in [3.8, 4) is 5.75 Å². The number of amides is 3. The van der Waals surface area contributed by atoms with Gasteiger partial charge in [-0.3, -0.25) is 19.3 Å². The first-order chi connectivity index (χ1) is 16.9. The normalized spacial score (nSPS) is 18.7. The highest BCUT2D eigenvalue weighted by Crippen LogP contribution is 2.21. The van der Waals surface area contributed by atoms with E-state index in [1.54, 1.807) is 31.4 Å². The number of rotatable bonds is 7. The molecule has 0 unspecified atom stereocenters. The first-order valence-corrected chi connectivity index (χ1v) is 12.0. The minimum atomic E-state index is -0.831. The number of ether oxygens (including phenoxy) is 1. The minimum absolute atomic E-state index is 0.105. The average molecular weight is 500 g/mol. The molecule has 3 amide bonds. The number of carbonyl (C=O) groups excluding carboxylic acids is 3. The van der Waals surface area contributed by atoms with E-state index < -0.39 is 6.04 Å². The zero-order chi connectivity index (χ0) is 24.8. The maximum Gasteiger partial charge on any atom is 0.243 e. The summed E-state index contributed by atoms with van der Waals surface area (Å²) in [6.07, 6.45) is -0.105. The number of methoxy groups -OCH3 is 1. The van der Waals surface area contributed by atoms with Gasteiger partial charge in [0.25, 0.3) is 0 Å². The third-order valence-corrected chi connectivity index (χ3v) is 6.54. The summed E-state index contributed by atoms with van der Waals surface area (Å²) in [5, 5.41) is 6.26. The predicted molar refractivity (Wildman–Crippen MR) is 135 cm³/mol. The molecule has 0 aromatic heterocycles. The third kappa shape index (κ3) is 6.43. The summed E-state index contributed by atoms with van der Waals surface area (Å²) in [5.41, 5.74) is 1.67. The lowest BCUT2D eigenvalue weighted by molar-refractivity contribution is -0.145. The van der Waals surface area contributed by atoms with Gasteiger partial charge in [0.15, 0.2) is 0 Å². The maximum atomic E-state index is 13.2. The highest BCUT2D eigenvalue weighted by Gasteiger charge is 2.35. The summed E-state index contributed by atoms with van der Waals surface area (Å²) in [6.45, 7) is 3.98. The van der Waals surface area contributed by atoms with Gasteiger partial charge in [0, 0.05) is 55.7 Å². The van der Waals surface area contributed by atoms with Crippen molar-refractivity contribution in [2.75, 3.05) is 63.1 Å². The van der Waals surface area contributed by atoms with Gasteiger partial charge >= 0.3 is 0 Å². The monoisotopic (exact) mass is 499 g/mol. The van der Waals surface area contributed by atoms with E-state index in [0.29, 0.717) is 29.5 Å². The molecule has 1 atom stereocenters. The zero-order valence-electron chi connectivity index (χ0n) is 19.7. The number of benzene rings is 2. The summed E-state index contributed by atoms with van der Waals surface area (Å²) in [5.74, 6) is -0.0939. The van der Waals surface area contributed by atoms with Crippen LogP contribution in [0.3, 0.4) is 0 Å². The third-order valence-electron chi connectivity index (χ3n) is 6.31. The largest absolute Gasteiger partial charge is 0.497 e. The van der Waals surface area contributed by atoms with Crippen molar-refractivity contribution in [1.29, 1.82) is 0 Å². The molecule has 10 heteroatoms. The van der Waals surface area contributed by atoms with Crippen LogP contribution in [0.2, 0.25) is 5.02 Å². The molecule has 0 radical (unpaired) electrons. The predicted octanol–water partition coefficient (Wildman–Crippen LogP) is 1.83. The molecule has 2 heterocycles. The molecule has 2 aliphatic rings. The second-order valence-electron chi connectivity index (χ2n) is 8.62. The van der Waals surface area contributed by atoms with Crippen LogP contribution in [0.1, 0.15) is 6.42 Å². The van der Waals surface area contributed by atoms with Crippen LogP contribution in [0.25, 0.3) is 0 Å². The maximum absolute atomic E-state index is 13.2. The molecule has 186 valence electrons. The molecule has 2 aromatic rings. The standard InChI is InChI=1S/C25H30ClN5O4/c1-35-21-7-5-19(6-8-21)28-23(32)16-22-25(34)27-9-10-31(22)24(33)17-29-11-13-30(14-12-29)20-4-2-3-18(26)15-20/h2-8,15,22H,9-14,16-17H2,1H3,(H,27,34)(H,28,32)/t22-/m0/s1. The first kappa shape index (κ1) is 24.8. The summed E-state index contributed by atoms with van der Waals surface area (Å²) in [6, 6.07) is 13.9. The lowest BCUT2D eigenvalue weighted by atomic mass is 10.1. The lowest BCUT2D eigenvalue weighted by Crippen LogP contribution is -2.60. The van der Waals surface area contributed by atoms with Crippen LogP contribution in [-0.4, -0.2) is 86.5 Å². The molecular formula is C25H30ClN5O4. The van der Waals surface area contributed by atoms with Crippen molar-refractivity contribution in [2.45, 2.75) is 12.5 Å². The molecule has 4 rings (SSSR count). The number of anilines is 2. The quantitative estimate of drug-likeness (QED) is 0.603. The molecule has 2 N–H and O–H groups in total. The van der Waals surface area contributed by atoms with Crippen molar-refractivity contribution < 1.29 is 19.1 Å². The molecule has 9 nitrogen and oxygen atoms in total. The Balaban J connectivity index is 1.31. The summed E-state index contributed by atoms with van der Waals surface area (Å²) in [7, 11) is 1.57. The van der Waals surface area contributed by atoms with Crippen molar-refractivity contribution in [2.24, 2.45) is 0 Å². The van der Waals surface area contributed by atoms with E-state index in [4.69, 9.17) is 16.3 Å². The first-order valence-electron chi connectivity index (χ1n) is 11.7. The van der Waals surface area contributed by atoms with Crippen LogP contribution in [0, 0.1) is 0 Å². The minimum Gasteiger partial charge on any atom is -0.497 e. The number of piperazine rings is 2. The number of carbonyl (C=O) groups is 3. The van der Waals surface area contributed by atoms with Gasteiger partial charge in [-0.25, -0.2) is 0 Å². The summed E-state index contributed by atoms with van der Waals surface area (Å²) >= 11 is 6.11. The van der Waals surface area contributed by atoms with Crippen molar-refractivity contribution in [3.05, 3.63) is 53.6 Å². The Morgan fingerprint density at radius 1 is 1.09 bits per heavy atom. The molecule has 0 saturated carbocycles. The van der Waals surface area contributed by atoms with Crippen LogP contribution in [0.15, 0.2) is 48.5 Å². The van der Waals surface area contributed by atoms with E-state index >= 15 is 0 Å². The molecule has 2 saturated heterocycles. The number of hydrogen-bond donors (Lipinski definition) is 2. The molecule has 0 spiro atoms. The smallest absolute Gasteiger partial charge is 0.243 e. The van der Waals surface area contributed by atoms with Crippen LogP contribution < -0.4 is 20.3 Å². The fraction of sp³-hybridized carbons (Fsp3) is 0.400. The summed E-state index contributed by atoms with van der Waals surface area (Å²) < 4.78 is 5.12. The van der Waals surface area contributed by atoms with E-state index in [9.17, 15) is 14.4 Å². The zero-order valence-corrected chi connectivity index (χ0v) is 20.5. The van der Waals surface area contributed by atoms with Crippen LogP contribution in [-0.2, 0) is 14.4 Å². The highest BCUT2D eigenvalue weighted by atomic mass is 35.5. The van der Waals surface area contributed by atoms with E-state index in [-0.39, 0.29) is 30.7 Å². The second kappa shape index (κ2) is 11.4. The number of nitrogens with zero attached hydrogens (tertiary/aromatic N) is 3. The van der Waals surface area contributed by atoms with E-state index in [0.717, 1.165) is 31.9 Å². The van der Waals surface area contributed by atoms with Gasteiger partial charge in [-0.2, -0.15) is 0 Å². The lowest BCUT2D eigenvalue weighted by Gasteiger charge is -2.39. The van der Waals surface area contributed by atoms with E-state index in [2.05, 4.69) is 20.4 Å². The molecule has 2 fully saturated rings. The molecule has 35 heavy (non-hydrogen) atoms. The Bertz CT molecular complexity index is 1060. The number of hydrogen-bond acceptors (Lipinski definition) is 6.